The van der Waals surface area contributed by atoms with Crippen molar-refractivity contribution in [1.82, 2.24) is 10.2 Å². The molecule has 3 unspecified atom stereocenters. The molecule has 0 spiro atoms. The molecule has 23 heavy (non-hydrogen) atoms. The van der Waals surface area contributed by atoms with E-state index in [1.807, 2.05) is 44.2 Å². The van der Waals surface area contributed by atoms with E-state index in [1.165, 1.54) is 0 Å². The van der Waals surface area contributed by atoms with Crippen LogP contribution in [0.2, 0.25) is 0 Å². The molecule has 1 aromatic rings. The van der Waals surface area contributed by atoms with Gasteiger partial charge >= 0.3 is 0 Å². The lowest BCUT2D eigenvalue weighted by Crippen LogP contribution is -2.35. The quantitative estimate of drug-likeness (QED) is 0.806. The highest BCUT2D eigenvalue weighted by Crippen LogP contribution is 2.28. The number of hydrogen-bond acceptors (Lipinski definition) is 3. The minimum absolute atomic E-state index is 0.0232. The van der Waals surface area contributed by atoms with Crippen LogP contribution >= 0.6 is 0 Å². The van der Waals surface area contributed by atoms with Crippen molar-refractivity contribution in [2.75, 3.05) is 13.1 Å². The number of likely N-dealkylation sites (tertiary alicyclic amines) is 1. The van der Waals surface area contributed by atoms with Crippen LogP contribution in [0, 0.1) is 5.92 Å². The minimum atomic E-state index is -0.380. The predicted molar refractivity (Wildman–Crippen MR) is 88.6 cm³/mol. The number of nitrogens with one attached hydrogen (secondary N) is 1. The smallest absolute Gasteiger partial charge is 0.225 e. The van der Waals surface area contributed by atoms with E-state index in [0.717, 1.165) is 5.56 Å². The maximum Gasteiger partial charge on any atom is 0.225 e. The molecule has 1 aliphatic rings. The highest BCUT2D eigenvalue weighted by molar-refractivity contribution is 5.89. The molecule has 1 saturated heterocycles. The molecule has 0 radical (unpaired) electrons. The topological polar surface area (TPSA) is 69.6 Å². The number of carbonyl (C=O) groups excluding carboxylic acids is 2. The second-order valence-electron chi connectivity index (χ2n) is 6.18. The van der Waals surface area contributed by atoms with E-state index >= 15 is 0 Å². The largest absolute Gasteiger partial charge is 0.393 e. The Morgan fingerprint density at radius 3 is 2.74 bits per heavy atom. The summed E-state index contributed by atoms with van der Waals surface area (Å²) in [4.78, 5) is 26.2. The predicted octanol–water partition coefficient (Wildman–Crippen LogP) is 1.87. The molecule has 2 amide bonds. The Balaban J connectivity index is 1.88. The highest BCUT2D eigenvalue weighted by atomic mass is 16.3. The summed E-state index contributed by atoms with van der Waals surface area (Å²) in [5.41, 5.74) is 1.08. The average molecular weight is 318 g/mol. The first-order valence-corrected chi connectivity index (χ1v) is 8.33. The first-order valence-electron chi connectivity index (χ1n) is 8.33. The van der Waals surface area contributed by atoms with Gasteiger partial charge in [-0.2, -0.15) is 0 Å². The van der Waals surface area contributed by atoms with Crippen LogP contribution in [0.1, 0.15) is 44.7 Å². The maximum atomic E-state index is 12.2. The molecular weight excluding hydrogens is 292 g/mol. The van der Waals surface area contributed by atoms with Gasteiger partial charge in [-0.25, -0.2) is 0 Å². The van der Waals surface area contributed by atoms with Crippen molar-refractivity contribution < 1.29 is 14.7 Å². The number of aliphatic hydroxyl groups is 1. The van der Waals surface area contributed by atoms with Crippen LogP contribution in [0.15, 0.2) is 30.3 Å². The molecule has 126 valence electrons. The van der Waals surface area contributed by atoms with E-state index in [2.05, 4.69) is 5.32 Å². The van der Waals surface area contributed by atoms with Gasteiger partial charge in [-0.05, 0) is 25.3 Å². The van der Waals surface area contributed by atoms with E-state index < -0.39 is 0 Å². The van der Waals surface area contributed by atoms with Crippen LogP contribution in [0.3, 0.4) is 0 Å². The molecule has 0 aliphatic carbocycles. The van der Waals surface area contributed by atoms with Gasteiger partial charge in [0.05, 0.1) is 18.1 Å². The molecular formula is C18H26N2O3. The van der Waals surface area contributed by atoms with Crippen molar-refractivity contribution in [2.45, 2.75) is 45.3 Å². The summed E-state index contributed by atoms with van der Waals surface area (Å²) in [5, 5.41) is 12.3. The lowest BCUT2D eigenvalue weighted by atomic mass is 10.1. The van der Waals surface area contributed by atoms with Gasteiger partial charge in [0.2, 0.25) is 11.8 Å². The van der Waals surface area contributed by atoms with Crippen LogP contribution < -0.4 is 5.32 Å². The van der Waals surface area contributed by atoms with Crippen LogP contribution in [-0.2, 0) is 9.59 Å². The standard InChI is InChI=1S/C18H26N2O3/c1-3-16(21)9-10-19-18(23)15-11-17(22)20(12-15)13(2)14-7-5-4-6-8-14/h4-8,13,15-16,21H,3,9-12H2,1-2H3,(H,19,23). The van der Waals surface area contributed by atoms with Crippen LogP contribution in [0.4, 0.5) is 0 Å². The fraction of sp³-hybridized carbons (Fsp3) is 0.556. The van der Waals surface area contributed by atoms with Crippen LogP contribution in [0.5, 0.6) is 0 Å². The van der Waals surface area contributed by atoms with Crippen LogP contribution in [0.25, 0.3) is 0 Å². The van der Waals surface area contributed by atoms with Crippen molar-refractivity contribution in [3.05, 3.63) is 35.9 Å². The van der Waals surface area contributed by atoms with Crippen molar-refractivity contribution in [3.63, 3.8) is 0 Å². The van der Waals surface area contributed by atoms with Crippen molar-refractivity contribution in [3.8, 4) is 0 Å². The summed E-state index contributed by atoms with van der Waals surface area (Å²) in [6.07, 6.45) is 1.11. The third kappa shape index (κ3) is 4.55. The average Bonchev–Trinajstić information content (AvgIpc) is 2.96. The zero-order valence-corrected chi connectivity index (χ0v) is 13.9. The second-order valence-corrected chi connectivity index (χ2v) is 6.18. The van der Waals surface area contributed by atoms with E-state index in [1.54, 1.807) is 4.90 Å². The molecule has 5 nitrogen and oxygen atoms in total. The van der Waals surface area contributed by atoms with Gasteiger partial charge in [0.1, 0.15) is 0 Å². The van der Waals surface area contributed by atoms with E-state index in [4.69, 9.17) is 0 Å². The summed E-state index contributed by atoms with van der Waals surface area (Å²) in [6, 6.07) is 9.83. The van der Waals surface area contributed by atoms with Gasteiger partial charge in [0.25, 0.3) is 0 Å². The normalized spacial score (nSPS) is 20.4. The number of carbonyl (C=O) groups is 2. The number of rotatable bonds is 7. The SMILES string of the molecule is CCC(O)CCNC(=O)C1CC(=O)N(C(C)c2ccccc2)C1. The Bertz CT molecular complexity index is 532. The second kappa shape index (κ2) is 8.11. The molecule has 1 aliphatic heterocycles. The van der Waals surface area contributed by atoms with Gasteiger partial charge in [-0.15, -0.1) is 0 Å². The van der Waals surface area contributed by atoms with Crippen molar-refractivity contribution in [2.24, 2.45) is 5.92 Å². The summed E-state index contributed by atoms with van der Waals surface area (Å²) in [6.45, 7) is 4.81. The molecule has 3 atom stereocenters. The zero-order valence-electron chi connectivity index (χ0n) is 13.9. The lowest BCUT2D eigenvalue weighted by molar-refractivity contribution is -0.130. The first kappa shape index (κ1) is 17.5. The number of benzene rings is 1. The Labute approximate surface area is 137 Å². The third-order valence-corrected chi connectivity index (χ3v) is 4.53. The minimum Gasteiger partial charge on any atom is -0.393 e. The fourth-order valence-electron chi connectivity index (χ4n) is 2.90. The first-order chi connectivity index (χ1) is 11.0. The number of hydrogen-bond donors (Lipinski definition) is 2. The monoisotopic (exact) mass is 318 g/mol. The van der Waals surface area contributed by atoms with Crippen LogP contribution in [-0.4, -0.2) is 41.0 Å². The van der Waals surface area contributed by atoms with Crippen molar-refractivity contribution in [1.29, 1.82) is 0 Å². The van der Waals surface area contributed by atoms with E-state index in [-0.39, 0.29) is 36.3 Å². The van der Waals surface area contributed by atoms with Gasteiger partial charge < -0.3 is 15.3 Å². The van der Waals surface area contributed by atoms with Crippen molar-refractivity contribution >= 4 is 11.8 Å². The number of aliphatic hydroxyl groups excluding tert-OH is 1. The Morgan fingerprint density at radius 1 is 1.39 bits per heavy atom. The Kier molecular flexibility index (Phi) is 6.16. The summed E-state index contributed by atoms with van der Waals surface area (Å²) in [5.74, 6) is -0.369. The molecule has 1 fully saturated rings. The van der Waals surface area contributed by atoms with Gasteiger partial charge in [-0.1, -0.05) is 37.3 Å². The Hall–Kier alpha value is -1.88. The summed E-state index contributed by atoms with van der Waals surface area (Å²) >= 11 is 0. The third-order valence-electron chi connectivity index (χ3n) is 4.53. The molecule has 5 heteroatoms. The van der Waals surface area contributed by atoms with Gasteiger partial charge in [0.15, 0.2) is 0 Å². The van der Waals surface area contributed by atoms with E-state index in [9.17, 15) is 14.7 Å². The molecule has 2 N–H and O–H groups in total. The summed E-state index contributed by atoms with van der Waals surface area (Å²) in [7, 11) is 0. The molecule has 1 heterocycles. The number of nitrogens with zero attached hydrogens (tertiary/aromatic N) is 1. The lowest BCUT2D eigenvalue weighted by Gasteiger charge is -2.25. The number of amides is 2. The molecule has 0 bridgehead atoms. The molecule has 2 rings (SSSR count). The Morgan fingerprint density at radius 2 is 2.09 bits per heavy atom. The molecule has 1 aromatic carbocycles. The zero-order chi connectivity index (χ0) is 16.8. The van der Waals surface area contributed by atoms with Gasteiger partial charge in [-0.3, -0.25) is 9.59 Å². The molecule has 0 saturated carbocycles. The summed E-state index contributed by atoms with van der Waals surface area (Å²) < 4.78 is 0. The van der Waals surface area contributed by atoms with Gasteiger partial charge in [0, 0.05) is 19.5 Å². The highest BCUT2D eigenvalue weighted by Gasteiger charge is 2.36. The maximum absolute atomic E-state index is 12.2. The fourth-order valence-corrected chi connectivity index (χ4v) is 2.90. The molecule has 0 aromatic heterocycles. The van der Waals surface area contributed by atoms with E-state index in [0.29, 0.717) is 25.9 Å².